The number of carbonyl (C=O) groups excluding carboxylic acids is 1. The number of piperidine rings is 1. The number of benzene rings is 3. The number of likely N-dealkylation sites (tertiary alicyclic amines) is 1. The van der Waals surface area contributed by atoms with Gasteiger partial charge in [0.25, 0.3) is 11.5 Å². The number of nitrogens with zero attached hydrogens (tertiary/aromatic N) is 3. The molecule has 232 valence electrons. The number of methoxy groups -OCH3 is 1. The van der Waals surface area contributed by atoms with Gasteiger partial charge >= 0.3 is 0 Å². The molecule has 45 heavy (non-hydrogen) atoms. The number of rotatable bonds is 11. The van der Waals surface area contributed by atoms with Crippen molar-refractivity contribution in [1.29, 1.82) is 0 Å². The minimum Gasteiger partial charge on any atom is -0.493 e. The Labute approximate surface area is 271 Å². The van der Waals surface area contributed by atoms with E-state index in [1.54, 1.807) is 18.2 Å². The van der Waals surface area contributed by atoms with Crippen LogP contribution in [-0.2, 0) is 11.3 Å². The van der Waals surface area contributed by atoms with Crippen LogP contribution in [0.3, 0.4) is 0 Å². The molecule has 8 nitrogen and oxygen atoms in total. The molecule has 0 radical (unpaired) electrons. The molecule has 0 saturated carbocycles. The molecule has 1 aliphatic heterocycles. The molecule has 0 spiro atoms. The van der Waals surface area contributed by atoms with Gasteiger partial charge < -0.3 is 14.8 Å². The highest BCUT2D eigenvalue weighted by Gasteiger charge is 2.19. The number of carbonyl (C=O) groups is 1. The number of hydrogen-bond acceptors (Lipinski definition) is 7. The lowest BCUT2D eigenvalue weighted by Gasteiger charge is -2.32. The van der Waals surface area contributed by atoms with E-state index in [2.05, 4.69) is 45.5 Å². The molecule has 0 unspecified atom stereocenters. The van der Waals surface area contributed by atoms with Crippen LogP contribution in [0.25, 0.3) is 26.3 Å². The predicted molar refractivity (Wildman–Crippen MR) is 180 cm³/mol. The summed E-state index contributed by atoms with van der Waals surface area (Å²) < 4.78 is 13.4. The molecular weight excluding hydrogens is 608 g/mol. The van der Waals surface area contributed by atoms with Crippen molar-refractivity contribution in [3.63, 3.8) is 0 Å². The monoisotopic (exact) mass is 642 g/mol. The summed E-state index contributed by atoms with van der Waals surface area (Å²) >= 11 is 7.42. The largest absolute Gasteiger partial charge is 0.493 e. The van der Waals surface area contributed by atoms with Crippen LogP contribution in [0, 0.1) is 5.92 Å². The van der Waals surface area contributed by atoms with Crippen LogP contribution < -0.4 is 20.3 Å². The van der Waals surface area contributed by atoms with E-state index in [0.717, 1.165) is 49.3 Å². The van der Waals surface area contributed by atoms with E-state index in [1.807, 2.05) is 30.3 Å². The first kappa shape index (κ1) is 30.8. The Bertz CT molecular complexity index is 1820. The second-order valence-corrected chi connectivity index (χ2v) is 12.7. The zero-order valence-electron chi connectivity index (χ0n) is 25.1. The van der Waals surface area contributed by atoms with Gasteiger partial charge in [-0.2, -0.15) is 0 Å². The molecule has 1 aliphatic rings. The first-order valence-electron chi connectivity index (χ1n) is 15.1. The van der Waals surface area contributed by atoms with E-state index < -0.39 is 0 Å². The third-order valence-electron chi connectivity index (χ3n) is 8.18. The maximum Gasteiger partial charge on any atom is 0.275 e. The molecule has 0 aliphatic carbocycles. The number of nitrogens with one attached hydrogen (secondary N) is 1. The van der Waals surface area contributed by atoms with Crippen LogP contribution in [0.4, 0.5) is 0 Å². The van der Waals surface area contributed by atoms with Crippen molar-refractivity contribution in [2.24, 2.45) is 5.92 Å². The number of thiophene rings is 1. The van der Waals surface area contributed by atoms with E-state index in [9.17, 15) is 9.59 Å². The number of halogens is 1. The van der Waals surface area contributed by atoms with Crippen molar-refractivity contribution in [2.45, 2.75) is 25.8 Å². The number of aromatic nitrogens is 2. The summed E-state index contributed by atoms with van der Waals surface area (Å²) in [6.45, 7) is 3.67. The van der Waals surface area contributed by atoms with Crippen LogP contribution in [0.2, 0.25) is 5.02 Å². The topological polar surface area (TPSA) is 85.7 Å². The van der Waals surface area contributed by atoms with Gasteiger partial charge in [0.05, 0.1) is 18.3 Å². The highest BCUT2D eigenvalue weighted by atomic mass is 35.5. The lowest BCUT2D eigenvalue weighted by Crippen LogP contribution is -2.35. The SMILES string of the molecule is COc1cc(-n2cnc3cc(-c4ccc(Cl)cc4)sc3c2=O)ccc1OCC(=O)NCCC1CCN(Cc2ccccc2)CC1. The van der Waals surface area contributed by atoms with Crippen molar-refractivity contribution < 1.29 is 14.3 Å². The third-order valence-corrected chi connectivity index (χ3v) is 9.59. The molecule has 0 bridgehead atoms. The molecule has 5 aromatic rings. The van der Waals surface area contributed by atoms with E-state index >= 15 is 0 Å². The standard InChI is InChI=1S/C35H35ClN4O4S/c1-43-31-19-28(40-23-38-29-20-32(45-34(29)35(40)42)26-7-9-27(36)10-8-26)11-12-30(31)44-22-33(41)37-16-13-24-14-17-39(18-15-24)21-25-5-3-2-4-6-25/h2-12,19-20,23-24H,13-18,21-22H2,1H3,(H,37,41). The lowest BCUT2D eigenvalue weighted by molar-refractivity contribution is -0.123. The Morgan fingerprint density at radius 3 is 2.56 bits per heavy atom. The van der Waals surface area contributed by atoms with Crippen LogP contribution in [0.15, 0.2) is 90.0 Å². The van der Waals surface area contributed by atoms with Crippen molar-refractivity contribution in [2.75, 3.05) is 33.4 Å². The molecule has 1 N–H and O–H groups in total. The van der Waals surface area contributed by atoms with Crippen LogP contribution in [0.1, 0.15) is 24.8 Å². The van der Waals surface area contributed by atoms with Gasteiger partial charge in [-0.05, 0) is 79.7 Å². The number of ether oxygens (including phenoxy) is 2. The Kier molecular flexibility index (Phi) is 9.78. The fourth-order valence-corrected chi connectivity index (χ4v) is 6.84. The van der Waals surface area contributed by atoms with Gasteiger partial charge in [-0.1, -0.05) is 54.1 Å². The van der Waals surface area contributed by atoms with Gasteiger partial charge in [-0.3, -0.25) is 19.1 Å². The minimum absolute atomic E-state index is 0.124. The second-order valence-electron chi connectivity index (χ2n) is 11.2. The highest BCUT2D eigenvalue weighted by molar-refractivity contribution is 7.22. The van der Waals surface area contributed by atoms with E-state index in [4.69, 9.17) is 21.1 Å². The molecule has 3 aromatic carbocycles. The minimum atomic E-state index is -0.179. The average Bonchev–Trinajstić information content (AvgIpc) is 3.51. The van der Waals surface area contributed by atoms with Crippen molar-refractivity contribution >= 4 is 39.1 Å². The molecule has 6 rings (SSSR count). The molecule has 1 fully saturated rings. The molecular formula is C35H35ClN4O4S. The first-order chi connectivity index (χ1) is 22.0. The number of hydrogen-bond donors (Lipinski definition) is 1. The first-order valence-corrected chi connectivity index (χ1v) is 16.3. The molecule has 0 atom stereocenters. The Morgan fingerprint density at radius 2 is 1.80 bits per heavy atom. The van der Waals surface area contributed by atoms with Crippen molar-refractivity contribution in [3.8, 4) is 27.6 Å². The normalized spacial score (nSPS) is 14.0. The summed E-state index contributed by atoms with van der Waals surface area (Å²) in [5.41, 5.74) is 3.36. The van der Waals surface area contributed by atoms with Gasteiger partial charge in [0, 0.05) is 29.1 Å². The van der Waals surface area contributed by atoms with E-state index in [1.165, 1.54) is 34.9 Å². The van der Waals surface area contributed by atoms with Crippen molar-refractivity contribution in [1.82, 2.24) is 19.8 Å². The maximum atomic E-state index is 13.4. The van der Waals surface area contributed by atoms with Crippen LogP contribution >= 0.6 is 22.9 Å². The quantitative estimate of drug-likeness (QED) is 0.175. The summed E-state index contributed by atoms with van der Waals surface area (Å²) in [5.74, 6) is 1.27. The Balaban J connectivity index is 1.01. The summed E-state index contributed by atoms with van der Waals surface area (Å²) in [6.07, 6.45) is 4.76. The Hall–Kier alpha value is -4.18. The Morgan fingerprint density at radius 1 is 1.02 bits per heavy atom. The van der Waals surface area contributed by atoms with Gasteiger partial charge in [0.15, 0.2) is 18.1 Å². The molecule has 2 aromatic heterocycles. The average molecular weight is 643 g/mol. The van der Waals surface area contributed by atoms with Crippen LogP contribution in [-0.4, -0.2) is 53.7 Å². The zero-order chi connectivity index (χ0) is 31.2. The summed E-state index contributed by atoms with van der Waals surface area (Å²) in [7, 11) is 1.53. The number of amides is 1. The zero-order valence-corrected chi connectivity index (χ0v) is 26.7. The molecule has 10 heteroatoms. The molecule has 3 heterocycles. The molecule has 1 amide bonds. The van der Waals surface area contributed by atoms with Gasteiger partial charge in [0.2, 0.25) is 0 Å². The predicted octanol–water partition coefficient (Wildman–Crippen LogP) is 6.57. The van der Waals surface area contributed by atoms with E-state index in [0.29, 0.717) is 44.9 Å². The molecule has 1 saturated heterocycles. The second kappa shape index (κ2) is 14.3. The summed E-state index contributed by atoms with van der Waals surface area (Å²) in [6, 6.07) is 25.2. The summed E-state index contributed by atoms with van der Waals surface area (Å²) in [5, 5.41) is 3.65. The number of fused-ring (bicyclic) bond motifs is 1. The smallest absolute Gasteiger partial charge is 0.275 e. The van der Waals surface area contributed by atoms with Gasteiger partial charge in [0.1, 0.15) is 11.0 Å². The van der Waals surface area contributed by atoms with Gasteiger partial charge in [-0.25, -0.2) is 4.98 Å². The third kappa shape index (κ3) is 7.56. The van der Waals surface area contributed by atoms with Crippen LogP contribution in [0.5, 0.6) is 11.5 Å². The maximum absolute atomic E-state index is 13.4. The van der Waals surface area contributed by atoms with Crippen molar-refractivity contribution in [3.05, 3.63) is 106 Å². The summed E-state index contributed by atoms with van der Waals surface area (Å²) in [4.78, 5) is 33.9. The fraction of sp³-hybridized carbons (Fsp3) is 0.286. The lowest BCUT2D eigenvalue weighted by atomic mass is 9.93. The van der Waals surface area contributed by atoms with E-state index in [-0.39, 0.29) is 18.1 Å². The highest BCUT2D eigenvalue weighted by Crippen LogP contribution is 2.33. The van der Waals surface area contributed by atoms with Gasteiger partial charge in [-0.15, -0.1) is 11.3 Å². The fourth-order valence-electron chi connectivity index (χ4n) is 5.66.